The summed E-state index contributed by atoms with van der Waals surface area (Å²) in [7, 11) is 0. The van der Waals surface area contributed by atoms with E-state index in [1.807, 2.05) is 31.2 Å². The van der Waals surface area contributed by atoms with Crippen molar-refractivity contribution in [2.45, 2.75) is 6.92 Å². The number of aromatic nitrogens is 2. The van der Waals surface area contributed by atoms with Gasteiger partial charge in [0.15, 0.2) is 5.76 Å². The lowest BCUT2D eigenvalue weighted by Crippen LogP contribution is -2.33. The number of oxazole rings is 1. The molecule has 0 aliphatic rings. The molecule has 0 spiro atoms. The van der Waals surface area contributed by atoms with Crippen LogP contribution < -0.4 is 10.6 Å². The highest BCUT2D eigenvalue weighted by Crippen LogP contribution is 2.28. The number of rotatable bonds is 6. The molecule has 4 rings (SSSR count). The molecular formula is C24H20N4O3. The van der Waals surface area contributed by atoms with Crippen LogP contribution in [0, 0.1) is 6.92 Å². The highest BCUT2D eigenvalue weighted by molar-refractivity contribution is 6.02. The van der Waals surface area contributed by atoms with Crippen molar-refractivity contribution >= 4 is 17.5 Å². The van der Waals surface area contributed by atoms with Gasteiger partial charge in [-0.2, -0.15) is 0 Å². The molecule has 7 nitrogen and oxygen atoms in total. The van der Waals surface area contributed by atoms with Gasteiger partial charge in [-0.1, -0.05) is 42.0 Å². The van der Waals surface area contributed by atoms with Gasteiger partial charge in [0.2, 0.25) is 11.8 Å². The van der Waals surface area contributed by atoms with Crippen molar-refractivity contribution < 1.29 is 14.0 Å². The summed E-state index contributed by atoms with van der Waals surface area (Å²) in [5, 5.41) is 5.31. The number of aryl methyl sites for hydroxylation is 1. The lowest BCUT2D eigenvalue weighted by atomic mass is 10.1. The Morgan fingerprint density at radius 3 is 2.55 bits per heavy atom. The second kappa shape index (κ2) is 9.04. The predicted molar refractivity (Wildman–Crippen MR) is 117 cm³/mol. The van der Waals surface area contributed by atoms with Gasteiger partial charge in [0, 0.05) is 17.3 Å². The third-order valence-electron chi connectivity index (χ3n) is 4.60. The van der Waals surface area contributed by atoms with Gasteiger partial charge < -0.3 is 15.1 Å². The Hall–Kier alpha value is -4.26. The number of pyridine rings is 1. The molecule has 0 radical (unpaired) electrons. The second-order valence-electron chi connectivity index (χ2n) is 6.91. The minimum atomic E-state index is -0.396. The van der Waals surface area contributed by atoms with Crippen LogP contribution in [0.15, 0.2) is 83.7 Å². The third-order valence-corrected chi connectivity index (χ3v) is 4.60. The number of hydrogen-bond acceptors (Lipinski definition) is 5. The quantitative estimate of drug-likeness (QED) is 0.497. The van der Waals surface area contributed by atoms with Crippen LogP contribution in [0.5, 0.6) is 0 Å². The molecule has 154 valence electrons. The average Bonchev–Trinajstić information content (AvgIpc) is 3.29. The highest BCUT2D eigenvalue weighted by Gasteiger charge is 2.17. The molecule has 0 fully saturated rings. The molecule has 2 heterocycles. The first kappa shape index (κ1) is 20.0. The third kappa shape index (κ3) is 4.84. The maximum absolute atomic E-state index is 12.7. The van der Waals surface area contributed by atoms with E-state index in [1.165, 1.54) is 6.20 Å². The van der Waals surface area contributed by atoms with Crippen molar-refractivity contribution in [3.63, 3.8) is 0 Å². The van der Waals surface area contributed by atoms with Crippen LogP contribution >= 0.6 is 0 Å². The Morgan fingerprint density at radius 1 is 0.968 bits per heavy atom. The monoisotopic (exact) mass is 412 g/mol. The van der Waals surface area contributed by atoms with E-state index >= 15 is 0 Å². The van der Waals surface area contributed by atoms with Gasteiger partial charge in [-0.15, -0.1) is 0 Å². The largest absolute Gasteiger partial charge is 0.436 e. The molecule has 0 aliphatic carbocycles. The summed E-state index contributed by atoms with van der Waals surface area (Å²) in [6, 6.07) is 18.3. The summed E-state index contributed by atoms with van der Waals surface area (Å²) >= 11 is 0. The maximum Gasteiger partial charge on any atom is 0.252 e. The van der Waals surface area contributed by atoms with Gasteiger partial charge in [-0.05, 0) is 31.2 Å². The summed E-state index contributed by atoms with van der Waals surface area (Å²) in [5.41, 5.74) is 3.53. The van der Waals surface area contributed by atoms with Crippen LogP contribution in [-0.4, -0.2) is 28.3 Å². The number of carbonyl (C=O) groups excluding carboxylic acids is 2. The van der Waals surface area contributed by atoms with E-state index in [1.54, 1.807) is 48.8 Å². The molecule has 0 bridgehead atoms. The minimum Gasteiger partial charge on any atom is -0.436 e. The van der Waals surface area contributed by atoms with E-state index in [0.717, 1.165) is 11.1 Å². The van der Waals surface area contributed by atoms with Gasteiger partial charge in [0.1, 0.15) is 0 Å². The zero-order chi connectivity index (χ0) is 21.6. The molecule has 0 atom stereocenters. The van der Waals surface area contributed by atoms with Crippen LogP contribution in [0.1, 0.15) is 15.9 Å². The van der Waals surface area contributed by atoms with E-state index in [-0.39, 0.29) is 12.5 Å². The van der Waals surface area contributed by atoms with Crippen LogP contribution in [0.2, 0.25) is 0 Å². The summed E-state index contributed by atoms with van der Waals surface area (Å²) in [4.78, 5) is 33.1. The van der Waals surface area contributed by atoms with Crippen LogP contribution in [0.3, 0.4) is 0 Å². The number of benzene rings is 2. The van der Waals surface area contributed by atoms with Crippen molar-refractivity contribution in [2.75, 3.05) is 11.9 Å². The zero-order valence-electron chi connectivity index (χ0n) is 16.8. The number of nitrogens with one attached hydrogen (secondary N) is 2. The van der Waals surface area contributed by atoms with E-state index in [2.05, 4.69) is 20.6 Å². The Bertz CT molecular complexity index is 1200. The lowest BCUT2D eigenvalue weighted by molar-refractivity contribution is -0.115. The van der Waals surface area contributed by atoms with Gasteiger partial charge in [-0.25, -0.2) is 4.98 Å². The zero-order valence-corrected chi connectivity index (χ0v) is 16.8. The van der Waals surface area contributed by atoms with E-state index in [9.17, 15) is 9.59 Å². The van der Waals surface area contributed by atoms with Gasteiger partial charge in [0.05, 0.1) is 30.2 Å². The molecule has 2 amide bonds. The second-order valence-corrected chi connectivity index (χ2v) is 6.91. The molecule has 0 aliphatic heterocycles. The Kier molecular flexibility index (Phi) is 5.84. The van der Waals surface area contributed by atoms with Crippen molar-refractivity contribution in [1.29, 1.82) is 0 Å². The normalized spacial score (nSPS) is 10.5. The standard InChI is InChI=1S/C24H20N4O3/c1-16-8-10-17(11-9-16)21-14-27-24(31-21)20-7-3-2-6-19(20)23(30)26-15-22(29)28-18-5-4-12-25-13-18/h2-14H,15H2,1H3,(H,26,30)(H,28,29). The molecule has 0 unspecified atom stereocenters. The molecule has 2 N–H and O–H groups in total. The molecular weight excluding hydrogens is 392 g/mol. The highest BCUT2D eigenvalue weighted by atomic mass is 16.4. The molecule has 2 aromatic heterocycles. The number of carbonyl (C=O) groups is 2. The molecule has 31 heavy (non-hydrogen) atoms. The van der Waals surface area contributed by atoms with E-state index in [4.69, 9.17) is 4.42 Å². The first-order chi connectivity index (χ1) is 15.1. The van der Waals surface area contributed by atoms with Crippen LogP contribution in [0.25, 0.3) is 22.8 Å². The molecule has 0 saturated heterocycles. The molecule has 4 aromatic rings. The number of nitrogens with zero attached hydrogens (tertiary/aromatic N) is 2. The van der Waals surface area contributed by atoms with Crippen LogP contribution in [-0.2, 0) is 4.79 Å². The fourth-order valence-electron chi connectivity index (χ4n) is 3.02. The summed E-state index contributed by atoms with van der Waals surface area (Å²) in [6.45, 7) is 1.84. The van der Waals surface area contributed by atoms with E-state index < -0.39 is 5.91 Å². The maximum atomic E-state index is 12.7. The first-order valence-electron chi connectivity index (χ1n) is 9.70. The Balaban J connectivity index is 1.47. The van der Waals surface area contributed by atoms with Gasteiger partial charge >= 0.3 is 0 Å². The molecule has 2 aromatic carbocycles. The lowest BCUT2D eigenvalue weighted by Gasteiger charge is -2.09. The summed E-state index contributed by atoms with van der Waals surface area (Å²) < 4.78 is 5.91. The number of hydrogen-bond donors (Lipinski definition) is 2. The molecule has 7 heteroatoms. The number of amides is 2. The smallest absolute Gasteiger partial charge is 0.252 e. The first-order valence-corrected chi connectivity index (χ1v) is 9.70. The van der Waals surface area contributed by atoms with Crippen LogP contribution in [0.4, 0.5) is 5.69 Å². The SMILES string of the molecule is Cc1ccc(-c2cnc(-c3ccccc3C(=O)NCC(=O)Nc3cccnc3)o2)cc1. The van der Waals surface area contributed by atoms with Crippen molar-refractivity contribution in [2.24, 2.45) is 0 Å². The van der Waals surface area contributed by atoms with E-state index in [0.29, 0.717) is 28.5 Å². The average molecular weight is 412 g/mol. The van der Waals surface area contributed by atoms with Gasteiger partial charge in [0.25, 0.3) is 5.91 Å². The predicted octanol–water partition coefficient (Wildman–Crippen LogP) is 4.08. The van der Waals surface area contributed by atoms with Crippen molar-refractivity contribution in [3.05, 3.63) is 90.4 Å². The minimum absolute atomic E-state index is 0.178. The fraction of sp³-hybridized carbons (Fsp3) is 0.0833. The summed E-state index contributed by atoms with van der Waals surface area (Å²) in [6.07, 6.45) is 4.78. The topological polar surface area (TPSA) is 97.1 Å². The fourth-order valence-corrected chi connectivity index (χ4v) is 3.02. The van der Waals surface area contributed by atoms with Crippen molar-refractivity contribution in [3.8, 4) is 22.8 Å². The molecule has 0 saturated carbocycles. The van der Waals surface area contributed by atoms with Crippen molar-refractivity contribution in [1.82, 2.24) is 15.3 Å². The summed E-state index contributed by atoms with van der Waals surface area (Å²) in [5.74, 6) is 0.200. The Morgan fingerprint density at radius 2 is 1.77 bits per heavy atom. The Labute approximate surface area is 179 Å². The van der Waals surface area contributed by atoms with Gasteiger partial charge in [-0.3, -0.25) is 14.6 Å². The number of anilines is 1.